The number of ether oxygens (including phenoxy) is 2. The number of aliphatic imine (C=N–C) groups is 1. The zero-order valence-electron chi connectivity index (χ0n) is 17.4. The summed E-state index contributed by atoms with van der Waals surface area (Å²) in [6.07, 6.45) is 0.777. The van der Waals surface area contributed by atoms with E-state index < -0.39 is 0 Å². The van der Waals surface area contributed by atoms with Crippen molar-refractivity contribution in [1.82, 2.24) is 15.2 Å². The molecular formula is C20H30FIN4O2S. The summed E-state index contributed by atoms with van der Waals surface area (Å²) in [5.41, 5.74) is 0.997. The van der Waals surface area contributed by atoms with E-state index in [1.54, 1.807) is 30.6 Å². The normalized spacial score (nSPS) is 12.2. The Morgan fingerprint density at radius 3 is 2.72 bits per heavy atom. The number of rotatable bonds is 10. The van der Waals surface area contributed by atoms with E-state index in [1.807, 2.05) is 20.9 Å². The topological polar surface area (TPSA) is 59.0 Å². The van der Waals surface area contributed by atoms with E-state index in [0.717, 1.165) is 29.6 Å². The average molecular weight is 536 g/mol. The predicted octanol–water partition coefficient (Wildman–Crippen LogP) is 4.47. The minimum Gasteiger partial charge on any atom is -0.494 e. The molecule has 0 amide bonds. The van der Waals surface area contributed by atoms with Crippen molar-refractivity contribution in [2.24, 2.45) is 4.99 Å². The summed E-state index contributed by atoms with van der Waals surface area (Å²) in [6, 6.07) is 6.04. The third-order valence-electron chi connectivity index (χ3n) is 4.01. The number of hydrogen-bond acceptors (Lipinski definition) is 5. The average Bonchev–Trinajstić information content (AvgIpc) is 3.16. The van der Waals surface area contributed by atoms with Crippen LogP contribution < -0.4 is 10.1 Å². The SMILES string of the molecule is CCNC(=NCCCOc1ccc(F)cc1)N(C)Cc1csc(C(C)OC)n1.I. The molecule has 1 aromatic heterocycles. The molecule has 6 nitrogen and oxygen atoms in total. The van der Waals surface area contributed by atoms with Crippen LogP contribution in [0.1, 0.15) is 37.1 Å². The van der Waals surface area contributed by atoms with Crippen LogP contribution in [0.2, 0.25) is 0 Å². The van der Waals surface area contributed by atoms with E-state index in [9.17, 15) is 4.39 Å². The zero-order valence-corrected chi connectivity index (χ0v) is 20.5. The van der Waals surface area contributed by atoms with Crippen LogP contribution in [-0.4, -0.2) is 49.7 Å². The molecule has 2 rings (SSSR count). The van der Waals surface area contributed by atoms with Gasteiger partial charge in [0.15, 0.2) is 5.96 Å². The van der Waals surface area contributed by atoms with Crippen molar-refractivity contribution in [3.63, 3.8) is 0 Å². The van der Waals surface area contributed by atoms with Crippen LogP contribution in [-0.2, 0) is 11.3 Å². The van der Waals surface area contributed by atoms with Crippen LogP contribution in [0.5, 0.6) is 5.75 Å². The van der Waals surface area contributed by atoms with Crippen molar-refractivity contribution in [3.8, 4) is 5.75 Å². The first-order chi connectivity index (χ1) is 13.5. The van der Waals surface area contributed by atoms with Gasteiger partial charge in [-0.1, -0.05) is 0 Å². The number of methoxy groups -OCH3 is 1. The number of nitrogens with one attached hydrogen (secondary N) is 1. The molecule has 0 bridgehead atoms. The van der Waals surface area contributed by atoms with E-state index in [-0.39, 0.29) is 35.9 Å². The summed E-state index contributed by atoms with van der Waals surface area (Å²) >= 11 is 1.61. The Labute approximate surface area is 193 Å². The van der Waals surface area contributed by atoms with Gasteiger partial charge in [0, 0.05) is 39.0 Å². The van der Waals surface area contributed by atoms with Crippen molar-refractivity contribution < 1.29 is 13.9 Å². The summed E-state index contributed by atoms with van der Waals surface area (Å²) in [6.45, 7) is 6.66. The molecule has 29 heavy (non-hydrogen) atoms. The van der Waals surface area contributed by atoms with Crippen molar-refractivity contribution in [3.05, 3.63) is 46.2 Å². The molecule has 0 aliphatic heterocycles. The van der Waals surface area contributed by atoms with Gasteiger partial charge >= 0.3 is 0 Å². The van der Waals surface area contributed by atoms with Gasteiger partial charge in [0.2, 0.25) is 0 Å². The standard InChI is InChI=1S/C20H29FN4O2S.HI/c1-5-22-20(23-11-6-12-27-18-9-7-16(21)8-10-18)25(3)13-17-14-28-19(24-17)15(2)26-4;/h7-10,14-15H,5-6,11-13H2,1-4H3,(H,22,23);1H. The van der Waals surface area contributed by atoms with Crippen molar-refractivity contribution in [2.75, 3.05) is 33.9 Å². The first kappa shape index (κ1) is 25.6. The summed E-state index contributed by atoms with van der Waals surface area (Å²) < 4.78 is 23.8. The monoisotopic (exact) mass is 536 g/mol. The maximum Gasteiger partial charge on any atom is 0.194 e. The fourth-order valence-corrected chi connectivity index (χ4v) is 3.28. The lowest BCUT2D eigenvalue weighted by atomic mass is 10.3. The van der Waals surface area contributed by atoms with Crippen LogP contribution in [0.15, 0.2) is 34.6 Å². The molecule has 0 radical (unpaired) electrons. The Morgan fingerprint density at radius 1 is 1.34 bits per heavy atom. The number of aromatic nitrogens is 1. The highest BCUT2D eigenvalue weighted by Gasteiger charge is 2.12. The molecule has 1 aromatic carbocycles. The Bertz CT molecular complexity index is 742. The molecule has 0 aliphatic rings. The minimum atomic E-state index is -0.265. The fraction of sp³-hybridized carbons (Fsp3) is 0.500. The predicted molar refractivity (Wildman–Crippen MR) is 127 cm³/mol. The lowest BCUT2D eigenvalue weighted by molar-refractivity contribution is 0.119. The second kappa shape index (κ2) is 13.7. The van der Waals surface area contributed by atoms with Gasteiger partial charge in [-0.3, -0.25) is 4.99 Å². The third kappa shape index (κ3) is 8.83. The number of benzene rings is 1. The summed E-state index contributed by atoms with van der Waals surface area (Å²) in [7, 11) is 3.68. The lowest BCUT2D eigenvalue weighted by Gasteiger charge is -2.21. The van der Waals surface area contributed by atoms with Gasteiger partial charge in [0.1, 0.15) is 22.7 Å². The van der Waals surface area contributed by atoms with E-state index in [4.69, 9.17) is 9.47 Å². The summed E-state index contributed by atoms with van der Waals surface area (Å²) in [4.78, 5) is 11.3. The second-order valence-electron chi connectivity index (χ2n) is 6.30. The Morgan fingerprint density at radius 2 is 2.07 bits per heavy atom. The molecule has 2 aromatic rings. The van der Waals surface area contributed by atoms with Gasteiger partial charge in [-0.05, 0) is 38.1 Å². The fourth-order valence-electron chi connectivity index (χ4n) is 2.44. The largest absolute Gasteiger partial charge is 0.494 e. The molecule has 9 heteroatoms. The first-order valence-corrected chi connectivity index (χ1v) is 10.3. The Kier molecular flexibility index (Phi) is 12.1. The van der Waals surface area contributed by atoms with Crippen molar-refractivity contribution in [1.29, 1.82) is 0 Å². The van der Waals surface area contributed by atoms with Crippen molar-refractivity contribution in [2.45, 2.75) is 32.9 Å². The van der Waals surface area contributed by atoms with Crippen LogP contribution in [0.3, 0.4) is 0 Å². The van der Waals surface area contributed by atoms with E-state index in [2.05, 4.69) is 25.6 Å². The van der Waals surface area contributed by atoms with Gasteiger partial charge in [-0.15, -0.1) is 35.3 Å². The molecule has 1 heterocycles. The molecule has 0 saturated carbocycles. The number of hydrogen-bond donors (Lipinski definition) is 1. The van der Waals surface area contributed by atoms with Gasteiger partial charge < -0.3 is 19.7 Å². The van der Waals surface area contributed by atoms with Gasteiger partial charge in [-0.2, -0.15) is 0 Å². The summed E-state index contributed by atoms with van der Waals surface area (Å²) in [5.74, 6) is 1.23. The molecule has 1 atom stereocenters. The number of nitrogens with zero attached hydrogens (tertiary/aromatic N) is 3. The Hall–Kier alpha value is -1.46. The van der Waals surface area contributed by atoms with Crippen LogP contribution >= 0.6 is 35.3 Å². The maximum atomic E-state index is 12.9. The first-order valence-electron chi connectivity index (χ1n) is 9.38. The molecule has 0 saturated heterocycles. The maximum absolute atomic E-state index is 12.9. The molecule has 0 fully saturated rings. The minimum absolute atomic E-state index is 0. The van der Waals surface area contributed by atoms with E-state index in [1.165, 1.54) is 12.1 Å². The summed E-state index contributed by atoms with van der Waals surface area (Å²) in [5, 5.41) is 6.34. The highest BCUT2D eigenvalue weighted by atomic mass is 127. The lowest BCUT2D eigenvalue weighted by Crippen LogP contribution is -2.38. The highest BCUT2D eigenvalue weighted by Crippen LogP contribution is 2.21. The molecule has 0 spiro atoms. The van der Waals surface area contributed by atoms with Crippen molar-refractivity contribution >= 4 is 41.3 Å². The highest BCUT2D eigenvalue weighted by molar-refractivity contribution is 14.0. The third-order valence-corrected chi connectivity index (χ3v) is 5.07. The second-order valence-corrected chi connectivity index (χ2v) is 7.19. The van der Waals surface area contributed by atoms with Gasteiger partial charge in [0.25, 0.3) is 0 Å². The van der Waals surface area contributed by atoms with E-state index >= 15 is 0 Å². The molecule has 162 valence electrons. The van der Waals surface area contributed by atoms with Gasteiger partial charge in [0.05, 0.1) is 18.8 Å². The van der Waals surface area contributed by atoms with E-state index in [0.29, 0.717) is 25.4 Å². The molecular weight excluding hydrogens is 506 g/mol. The number of thiazole rings is 1. The quantitative estimate of drug-likeness (QED) is 0.210. The zero-order chi connectivity index (χ0) is 20.4. The molecule has 1 unspecified atom stereocenters. The molecule has 0 aliphatic carbocycles. The Balaban J connectivity index is 0.00000420. The van der Waals surface area contributed by atoms with Gasteiger partial charge in [-0.25, -0.2) is 9.37 Å². The molecule has 1 N–H and O–H groups in total. The van der Waals surface area contributed by atoms with Crippen LogP contribution in [0, 0.1) is 5.82 Å². The number of guanidine groups is 1. The smallest absolute Gasteiger partial charge is 0.194 e. The van der Waals surface area contributed by atoms with Crippen LogP contribution in [0.4, 0.5) is 4.39 Å². The van der Waals surface area contributed by atoms with Crippen LogP contribution in [0.25, 0.3) is 0 Å². The number of halogens is 2.